The monoisotopic (exact) mass is 583 g/mol. The van der Waals surface area contributed by atoms with Crippen molar-refractivity contribution in [3.05, 3.63) is 94.5 Å². The van der Waals surface area contributed by atoms with Crippen LogP contribution in [0.1, 0.15) is 50.3 Å². The first-order valence-corrected chi connectivity index (χ1v) is 15.3. The molecule has 0 fully saturated rings. The van der Waals surface area contributed by atoms with E-state index in [9.17, 15) is 18.0 Å². The fourth-order valence-corrected chi connectivity index (χ4v) is 6.00. The van der Waals surface area contributed by atoms with Crippen LogP contribution in [0.25, 0.3) is 0 Å². The second kappa shape index (κ2) is 13.8. The summed E-state index contributed by atoms with van der Waals surface area (Å²) in [6.45, 7) is 8.96. The van der Waals surface area contributed by atoms with Crippen LogP contribution < -0.4 is 9.62 Å². The van der Waals surface area contributed by atoms with E-state index < -0.39 is 28.5 Å². The second-order valence-corrected chi connectivity index (χ2v) is 12.2. The SMILES string of the molecule is CC[C@H](C(=O)N[C@@H](C)CC)N(Cc1ccccc1)C(=O)CN(c1cccc(Cl)c1C)S(=O)(=O)c1ccc(C)cc1. The van der Waals surface area contributed by atoms with E-state index in [0.29, 0.717) is 22.7 Å². The molecule has 3 aromatic carbocycles. The van der Waals surface area contributed by atoms with Crippen LogP contribution in [0, 0.1) is 13.8 Å². The first kappa shape index (κ1) is 31.2. The lowest BCUT2D eigenvalue weighted by molar-refractivity contribution is -0.140. The minimum atomic E-state index is -4.16. The first-order valence-electron chi connectivity index (χ1n) is 13.5. The van der Waals surface area contributed by atoms with Crippen molar-refractivity contribution in [1.82, 2.24) is 10.2 Å². The highest BCUT2D eigenvalue weighted by Crippen LogP contribution is 2.31. The molecule has 9 heteroatoms. The van der Waals surface area contributed by atoms with Crippen LogP contribution in [0.15, 0.2) is 77.7 Å². The minimum absolute atomic E-state index is 0.0569. The molecule has 0 aliphatic rings. The summed E-state index contributed by atoms with van der Waals surface area (Å²) in [6.07, 6.45) is 1.10. The molecule has 0 aliphatic carbocycles. The lowest BCUT2D eigenvalue weighted by Gasteiger charge is -2.34. The number of hydrogen-bond donors (Lipinski definition) is 1. The molecule has 0 saturated heterocycles. The number of nitrogens with one attached hydrogen (secondary N) is 1. The van der Waals surface area contributed by atoms with Gasteiger partial charge in [-0.25, -0.2) is 8.42 Å². The number of aryl methyl sites for hydroxylation is 1. The molecule has 214 valence electrons. The average Bonchev–Trinajstić information content (AvgIpc) is 2.93. The Balaban J connectivity index is 2.09. The lowest BCUT2D eigenvalue weighted by Crippen LogP contribution is -2.53. The molecule has 1 N–H and O–H groups in total. The molecule has 0 saturated carbocycles. The van der Waals surface area contributed by atoms with Gasteiger partial charge in [0.05, 0.1) is 10.6 Å². The highest BCUT2D eigenvalue weighted by atomic mass is 35.5. The van der Waals surface area contributed by atoms with E-state index in [-0.39, 0.29) is 23.4 Å². The number of sulfonamides is 1. The van der Waals surface area contributed by atoms with Crippen molar-refractivity contribution >= 4 is 39.1 Å². The number of hydrogen-bond acceptors (Lipinski definition) is 4. The van der Waals surface area contributed by atoms with Crippen LogP contribution in [0.2, 0.25) is 5.02 Å². The summed E-state index contributed by atoms with van der Waals surface area (Å²) in [4.78, 5) is 29.0. The minimum Gasteiger partial charge on any atom is -0.352 e. The van der Waals surface area contributed by atoms with Crippen molar-refractivity contribution in [1.29, 1.82) is 0 Å². The van der Waals surface area contributed by atoms with Crippen LogP contribution in [0.5, 0.6) is 0 Å². The summed E-state index contributed by atoms with van der Waals surface area (Å²) < 4.78 is 29.1. The van der Waals surface area contributed by atoms with E-state index in [2.05, 4.69) is 5.32 Å². The van der Waals surface area contributed by atoms with Crippen LogP contribution in [-0.4, -0.2) is 43.8 Å². The van der Waals surface area contributed by atoms with Gasteiger partial charge in [0.15, 0.2) is 0 Å². The lowest BCUT2D eigenvalue weighted by atomic mass is 10.1. The zero-order chi connectivity index (χ0) is 29.4. The Hall–Kier alpha value is -3.36. The third-order valence-electron chi connectivity index (χ3n) is 6.98. The predicted molar refractivity (Wildman–Crippen MR) is 161 cm³/mol. The van der Waals surface area contributed by atoms with E-state index in [1.54, 1.807) is 37.3 Å². The van der Waals surface area contributed by atoms with Gasteiger partial charge >= 0.3 is 0 Å². The Kier molecular flexibility index (Phi) is 10.8. The number of rotatable bonds is 12. The Morgan fingerprint density at radius 3 is 2.15 bits per heavy atom. The predicted octanol–water partition coefficient (Wildman–Crippen LogP) is 5.87. The van der Waals surface area contributed by atoms with Crippen LogP contribution in [0.4, 0.5) is 5.69 Å². The van der Waals surface area contributed by atoms with Crippen molar-refractivity contribution in [2.45, 2.75) is 71.0 Å². The van der Waals surface area contributed by atoms with Crippen LogP contribution in [0.3, 0.4) is 0 Å². The van der Waals surface area contributed by atoms with Crippen LogP contribution >= 0.6 is 11.6 Å². The molecule has 3 aromatic rings. The molecule has 7 nitrogen and oxygen atoms in total. The van der Waals surface area contributed by atoms with Gasteiger partial charge in [-0.3, -0.25) is 13.9 Å². The van der Waals surface area contributed by atoms with E-state index >= 15 is 0 Å². The standard InChI is InChI=1S/C31H38ClN3O4S/c1-6-23(4)33-31(37)28(7-2)34(20-25-12-9-8-10-13-25)30(36)21-35(29-15-11-14-27(32)24(29)5)40(38,39)26-18-16-22(3)17-19-26/h8-19,23,28H,6-7,20-21H2,1-5H3,(H,33,37)/t23-,28+/m0/s1. The number of halogens is 1. The van der Waals surface area contributed by atoms with Gasteiger partial charge in [0, 0.05) is 17.6 Å². The van der Waals surface area contributed by atoms with Gasteiger partial charge in [-0.05, 0) is 69.0 Å². The molecule has 0 unspecified atom stereocenters. The number of benzene rings is 3. The van der Waals surface area contributed by atoms with Gasteiger partial charge in [0.2, 0.25) is 11.8 Å². The number of carbonyl (C=O) groups is 2. The molecule has 40 heavy (non-hydrogen) atoms. The molecule has 0 aliphatic heterocycles. The maximum atomic E-state index is 14.1. The Morgan fingerprint density at radius 2 is 1.55 bits per heavy atom. The van der Waals surface area contributed by atoms with E-state index in [1.165, 1.54) is 17.0 Å². The van der Waals surface area contributed by atoms with Gasteiger partial charge in [0.1, 0.15) is 12.6 Å². The smallest absolute Gasteiger partial charge is 0.264 e. The largest absolute Gasteiger partial charge is 0.352 e. The summed E-state index contributed by atoms with van der Waals surface area (Å²) in [6, 6.07) is 19.9. The summed E-state index contributed by atoms with van der Waals surface area (Å²) in [5.74, 6) is -0.766. The number of carbonyl (C=O) groups excluding carboxylic acids is 2. The third-order valence-corrected chi connectivity index (χ3v) is 9.16. The molecule has 0 aromatic heterocycles. The van der Waals surface area contributed by atoms with Gasteiger partial charge in [-0.15, -0.1) is 0 Å². The molecule has 0 spiro atoms. The number of amides is 2. The molecule has 0 heterocycles. The van der Waals surface area contributed by atoms with Crippen LogP contribution in [-0.2, 0) is 26.2 Å². The third kappa shape index (κ3) is 7.43. The zero-order valence-electron chi connectivity index (χ0n) is 23.7. The number of anilines is 1. The first-order chi connectivity index (χ1) is 19.0. The van der Waals surface area contributed by atoms with Crippen molar-refractivity contribution in [2.24, 2.45) is 0 Å². The molecule has 2 atom stereocenters. The normalized spacial score (nSPS) is 12.8. The van der Waals surface area contributed by atoms with E-state index in [0.717, 1.165) is 21.9 Å². The van der Waals surface area contributed by atoms with E-state index in [4.69, 9.17) is 11.6 Å². The van der Waals surface area contributed by atoms with Crippen molar-refractivity contribution in [3.8, 4) is 0 Å². The highest BCUT2D eigenvalue weighted by Gasteiger charge is 2.34. The topological polar surface area (TPSA) is 86.8 Å². The summed E-state index contributed by atoms with van der Waals surface area (Å²) >= 11 is 6.39. The van der Waals surface area contributed by atoms with Crippen molar-refractivity contribution in [3.63, 3.8) is 0 Å². The number of nitrogens with zero attached hydrogens (tertiary/aromatic N) is 2. The fourth-order valence-electron chi connectivity index (χ4n) is 4.36. The second-order valence-electron chi connectivity index (χ2n) is 9.96. The van der Waals surface area contributed by atoms with E-state index in [1.807, 2.05) is 58.0 Å². The Labute approximate surface area is 243 Å². The molecular formula is C31H38ClN3O4S. The summed E-state index contributed by atoms with van der Waals surface area (Å²) in [5.41, 5.74) is 2.58. The fraction of sp³-hybridized carbons (Fsp3) is 0.355. The quantitative estimate of drug-likeness (QED) is 0.289. The zero-order valence-corrected chi connectivity index (χ0v) is 25.3. The van der Waals surface area contributed by atoms with Crippen molar-refractivity contribution < 1.29 is 18.0 Å². The molecular weight excluding hydrogens is 546 g/mol. The highest BCUT2D eigenvalue weighted by molar-refractivity contribution is 7.92. The molecule has 0 radical (unpaired) electrons. The average molecular weight is 584 g/mol. The maximum Gasteiger partial charge on any atom is 0.264 e. The van der Waals surface area contributed by atoms with Gasteiger partial charge in [-0.1, -0.05) is 79.5 Å². The maximum absolute atomic E-state index is 14.1. The summed E-state index contributed by atoms with van der Waals surface area (Å²) in [5, 5.41) is 3.37. The molecule has 0 bridgehead atoms. The van der Waals surface area contributed by atoms with Gasteiger partial charge in [-0.2, -0.15) is 0 Å². The Bertz CT molecular complexity index is 1410. The Morgan fingerprint density at radius 1 is 0.900 bits per heavy atom. The molecule has 3 rings (SSSR count). The van der Waals surface area contributed by atoms with Crippen molar-refractivity contribution in [2.75, 3.05) is 10.8 Å². The van der Waals surface area contributed by atoms with Gasteiger partial charge in [0.25, 0.3) is 10.0 Å². The molecule has 2 amide bonds. The van der Waals surface area contributed by atoms with Gasteiger partial charge < -0.3 is 10.2 Å². The summed E-state index contributed by atoms with van der Waals surface area (Å²) in [7, 11) is -4.16.